The van der Waals surface area contributed by atoms with Gasteiger partial charge in [-0.15, -0.1) is 0 Å². The van der Waals surface area contributed by atoms with Crippen molar-refractivity contribution in [1.82, 2.24) is 0 Å². The van der Waals surface area contributed by atoms with E-state index in [4.69, 9.17) is 16.3 Å². The average Bonchev–Trinajstić information content (AvgIpc) is 2.33. The molecule has 0 radical (unpaired) electrons. The number of carbonyl (C=O) groups excluding carboxylic acids is 2. The van der Waals surface area contributed by atoms with Crippen LogP contribution in [0, 0.1) is 5.92 Å². The molecule has 1 saturated carbocycles. The largest absolute Gasteiger partial charge is 0.466 e. The predicted molar refractivity (Wildman–Crippen MR) is 69.6 cm³/mol. The van der Waals surface area contributed by atoms with E-state index in [0.29, 0.717) is 10.6 Å². The fourth-order valence-corrected chi connectivity index (χ4v) is 2.08. The fourth-order valence-electron chi connectivity index (χ4n) is 1.89. The molecule has 5 heteroatoms. The minimum atomic E-state index is -1.04. The summed E-state index contributed by atoms with van der Waals surface area (Å²) in [7, 11) is 1.26. The second-order valence-electron chi connectivity index (χ2n) is 4.52. The number of hydrogen-bond donors (Lipinski definition) is 0. The van der Waals surface area contributed by atoms with Crippen LogP contribution >= 0.6 is 11.6 Å². The van der Waals surface area contributed by atoms with Crippen LogP contribution in [0.1, 0.15) is 30.9 Å². The molecule has 0 spiro atoms. The Morgan fingerprint density at radius 3 is 2.63 bits per heavy atom. The van der Waals surface area contributed by atoms with Gasteiger partial charge in [-0.3, -0.25) is 4.79 Å². The van der Waals surface area contributed by atoms with Crippen LogP contribution in [0.15, 0.2) is 24.3 Å². The molecule has 0 amide bonds. The molecule has 19 heavy (non-hydrogen) atoms. The molecule has 102 valence electrons. The van der Waals surface area contributed by atoms with Gasteiger partial charge < -0.3 is 9.47 Å². The lowest BCUT2D eigenvalue weighted by Gasteiger charge is -2.25. The second-order valence-corrected chi connectivity index (χ2v) is 4.96. The van der Waals surface area contributed by atoms with Gasteiger partial charge in [0.2, 0.25) is 6.10 Å². The highest BCUT2D eigenvalue weighted by Gasteiger charge is 2.32. The zero-order chi connectivity index (χ0) is 13.8. The Morgan fingerprint density at radius 2 is 2.11 bits per heavy atom. The molecule has 1 unspecified atom stereocenters. The minimum Gasteiger partial charge on any atom is -0.466 e. The molecule has 0 aliphatic heterocycles. The summed E-state index contributed by atoms with van der Waals surface area (Å²) in [6.07, 6.45) is 1.63. The number of benzene rings is 1. The summed E-state index contributed by atoms with van der Waals surface area (Å²) in [6.45, 7) is 0. The van der Waals surface area contributed by atoms with Crippen molar-refractivity contribution in [1.29, 1.82) is 0 Å². The summed E-state index contributed by atoms with van der Waals surface area (Å²) < 4.78 is 9.96. The summed E-state index contributed by atoms with van der Waals surface area (Å²) in [5, 5.41) is 0.478. The van der Waals surface area contributed by atoms with Crippen molar-refractivity contribution in [2.45, 2.75) is 25.4 Å². The Balaban J connectivity index is 2.15. The molecular weight excluding hydrogens is 268 g/mol. The quantitative estimate of drug-likeness (QED) is 0.797. The number of hydrogen-bond acceptors (Lipinski definition) is 4. The minimum absolute atomic E-state index is 0.0914. The Kier molecular flexibility index (Phi) is 4.43. The maximum atomic E-state index is 11.9. The number of halogens is 1. The van der Waals surface area contributed by atoms with E-state index in [1.165, 1.54) is 7.11 Å². The zero-order valence-electron chi connectivity index (χ0n) is 10.6. The molecule has 0 saturated heterocycles. The van der Waals surface area contributed by atoms with Gasteiger partial charge in [-0.05, 0) is 25.0 Å². The predicted octanol–water partition coefficient (Wildman–Crippen LogP) is 2.90. The van der Waals surface area contributed by atoms with Gasteiger partial charge in [0.05, 0.1) is 13.0 Å². The molecule has 0 N–H and O–H groups in total. The van der Waals surface area contributed by atoms with Crippen LogP contribution in [0.3, 0.4) is 0 Å². The number of rotatable bonds is 4. The molecule has 0 heterocycles. The first kappa shape index (κ1) is 13.9. The van der Waals surface area contributed by atoms with Gasteiger partial charge in [-0.1, -0.05) is 30.2 Å². The molecule has 1 aliphatic rings. The molecule has 1 aliphatic carbocycles. The summed E-state index contributed by atoms with van der Waals surface area (Å²) >= 11 is 5.88. The van der Waals surface area contributed by atoms with Crippen LogP contribution < -0.4 is 0 Å². The van der Waals surface area contributed by atoms with Gasteiger partial charge >= 0.3 is 11.9 Å². The molecule has 0 aromatic heterocycles. The van der Waals surface area contributed by atoms with Gasteiger partial charge in [0.15, 0.2) is 0 Å². The molecular formula is C14H15ClO4. The Bertz CT molecular complexity index is 482. The van der Waals surface area contributed by atoms with E-state index in [-0.39, 0.29) is 11.9 Å². The van der Waals surface area contributed by atoms with Crippen LogP contribution in [0.5, 0.6) is 0 Å². The normalized spacial score (nSPS) is 16.3. The number of carbonyl (C=O) groups is 2. The molecule has 0 bridgehead atoms. The van der Waals surface area contributed by atoms with Crippen LogP contribution in [0.4, 0.5) is 0 Å². The summed E-state index contributed by atoms with van der Waals surface area (Å²) in [5.41, 5.74) is 0.520. The third-order valence-electron chi connectivity index (χ3n) is 3.24. The van der Waals surface area contributed by atoms with Crippen LogP contribution in [0.25, 0.3) is 0 Å². The van der Waals surface area contributed by atoms with Crippen molar-refractivity contribution < 1.29 is 19.1 Å². The first-order chi connectivity index (χ1) is 9.11. The van der Waals surface area contributed by atoms with Gasteiger partial charge in [0.1, 0.15) is 0 Å². The first-order valence-electron chi connectivity index (χ1n) is 6.15. The van der Waals surface area contributed by atoms with E-state index in [1.807, 2.05) is 0 Å². The lowest BCUT2D eigenvalue weighted by atomic mass is 9.85. The standard InChI is InChI=1S/C14H15ClO4/c1-18-14(17)12(10-6-3-7-11(15)8-10)19-13(16)9-4-2-5-9/h3,6-9,12H,2,4-5H2,1H3. The lowest BCUT2D eigenvalue weighted by Crippen LogP contribution is -2.29. The van der Waals surface area contributed by atoms with Crippen molar-refractivity contribution in [2.75, 3.05) is 7.11 Å². The molecule has 1 aromatic carbocycles. The fraction of sp³-hybridized carbons (Fsp3) is 0.429. The SMILES string of the molecule is COC(=O)C(OC(=O)C1CCC1)c1cccc(Cl)c1. The lowest BCUT2D eigenvalue weighted by molar-refractivity contribution is -0.171. The van der Waals surface area contributed by atoms with Gasteiger partial charge in [-0.25, -0.2) is 4.79 Å². The van der Waals surface area contributed by atoms with Gasteiger partial charge in [-0.2, -0.15) is 0 Å². The number of methoxy groups -OCH3 is 1. The monoisotopic (exact) mass is 282 g/mol. The van der Waals surface area contributed by atoms with Crippen molar-refractivity contribution in [2.24, 2.45) is 5.92 Å². The maximum Gasteiger partial charge on any atom is 0.351 e. The smallest absolute Gasteiger partial charge is 0.351 e. The van der Waals surface area contributed by atoms with Crippen LogP contribution in [-0.2, 0) is 19.1 Å². The maximum absolute atomic E-state index is 11.9. The summed E-state index contributed by atoms with van der Waals surface area (Å²) in [4.78, 5) is 23.6. The molecule has 1 fully saturated rings. The Morgan fingerprint density at radius 1 is 1.37 bits per heavy atom. The first-order valence-corrected chi connectivity index (χ1v) is 6.53. The van der Waals surface area contributed by atoms with E-state index in [2.05, 4.69) is 4.74 Å². The molecule has 4 nitrogen and oxygen atoms in total. The highest BCUT2D eigenvalue weighted by atomic mass is 35.5. The highest BCUT2D eigenvalue weighted by Crippen LogP contribution is 2.30. The van der Waals surface area contributed by atoms with Crippen LogP contribution in [-0.4, -0.2) is 19.0 Å². The molecule has 2 rings (SSSR count). The second kappa shape index (κ2) is 6.06. The third-order valence-corrected chi connectivity index (χ3v) is 3.47. The van der Waals surface area contributed by atoms with E-state index >= 15 is 0 Å². The van der Waals surface area contributed by atoms with E-state index in [1.54, 1.807) is 24.3 Å². The van der Waals surface area contributed by atoms with Gasteiger partial charge in [0.25, 0.3) is 0 Å². The van der Waals surface area contributed by atoms with E-state index in [0.717, 1.165) is 19.3 Å². The average molecular weight is 283 g/mol. The number of ether oxygens (including phenoxy) is 2. The van der Waals surface area contributed by atoms with E-state index < -0.39 is 12.1 Å². The number of esters is 2. The Labute approximate surface area is 116 Å². The Hall–Kier alpha value is -1.55. The van der Waals surface area contributed by atoms with Gasteiger partial charge in [0, 0.05) is 10.6 Å². The van der Waals surface area contributed by atoms with Crippen molar-refractivity contribution in [3.05, 3.63) is 34.9 Å². The highest BCUT2D eigenvalue weighted by molar-refractivity contribution is 6.30. The van der Waals surface area contributed by atoms with Crippen molar-refractivity contribution in [3.8, 4) is 0 Å². The molecule has 1 atom stereocenters. The topological polar surface area (TPSA) is 52.6 Å². The molecule has 1 aromatic rings. The summed E-state index contributed by atoms with van der Waals surface area (Å²) in [5.74, 6) is -1.04. The van der Waals surface area contributed by atoms with Crippen molar-refractivity contribution >= 4 is 23.5 Å². The third kappa shape index (κ3) is 3.26. The van der Waals surface area contributed by atoms with Crippen LogP contribution in [0.2, 0.25) is 5.02 Å². The summed E-state index contributed by atoms with van der Waals surface area (Å²) in [6, 6.07) is 6.66. The van der Waals surface area contributed by atoms with E-state index in [9.17, 15) is 9.59 Å². The zero-order valence-corrected chi connectivity index (χ0v) is 11.4. The van der Waals surface area contributed by atoms with Crippen molar-refractivity contribution in [3.63, 3.8) is 0 Å².